The van der Waals surface area contributed by atoms with Crippen LogP contribution in [0.5, 0.6) is 5.75 Å². The van der Waals surface area contributed by atoms with E-state index in [4.69, 9.17) is 16.3 Å². The number of hydrogen-bond donors (Lipinski definition) is 0. The molecule has 0 atom stereocenters. The molecule has 0 radical (unpaired) electrons. The Labute approximate surface area is 131 Å². The number of fused-ring (bicyclic) bond motifs is 1. The van der Waals surface area contributed by atoms with Crippen molar-refractivity contribution in [3.8, 4) is 5.75 Å². The van der Waals surface area contributed by atoms with Gasteiger partial charge in [0.05, 0.1) is 5.02 Å². The fraction of sp³-hybridized carbons (Fsp3) is 0.118. The maximum absolute atomic E-state index is 13.0. The molecule has 2 aromatic carbocycles. The summed E-state index contributed by atoms with van der Waals surface area (Å²) >= 11 is 5.88. The lowest BCUT2D eigenvalue weighted by atomic mass is 10.1. The van der Waals surface area contributed by atoms with Gasteiger partial charge in [-0.05, 0) is 24.3 Å². The zero-order valence-electron chi connectivity index (χ0n) is 11.8. The molecule has 3 nitrogen and oxygen atoms in total. The van der Waals surface area contributed by atoms with E-state index in [9.17, 15) is 9.18 Å². The zero-order valence-corrected chi connectivity index (χ0v) is 12.6. The van der Waals surface area contributed by atoms with E-state index >= 15 is 0 Å². The van der Waals surface area contributed by atoms with E-state index in [0.29, 0.717) is 5.56 Å². The Kier molecular flexibility index (Phi) is 3.86. The SMILES string of the molecule is Cn1cc(C(=O)COc2ccc(F)cc2Cl)c2ccccc21. The fourth-order valence-electron chi connectivity index (χ4n) is 2.38. The Hall–Kier alpha value is -2.33. The summed E-state index contributed by atoms with van der Waals surface area (Å²) in [5, 5.41) is 1.02. The molecule has 1 heterocycles. The lowest BCUT2D eigenvalue weighted by molar-refractivity contribution is 0.0923. The summed E-state index contributed by atoms with van der Waals surface area (Å²) in [6, 6.07) is 11.5. The van der Waals surface area contributed by atoms with E-state index in [2.05, 4.69) is 0 Å². The number of nitrogens with zero attached hydrogens (tertiary/aromatic N) is 1. The molecule has 0 aliphatic rings. The molecule has 0 fully saturated rings. The summed E-state index contributed by atoms with van der Waals surface area (Å²) in [4.78, 5) is 12.4. The van der Waals surface area contributed by atoms with Crippen molar-refractivity contribution in [3.05, 3.63) is 65.1 Å². The van der Waals surface area contributed by atoms with Crippen LogP contribution in [-0.2, 0) is 7.05 Å². The fourth-order valence-corrected chi connectivity index (χ4v) is 2.60. The molecule has 3 aromatic rings. The summed E-state index contributed by atoms with van der Waals surface area (Å²) in [5.74, 6) is -0.313. The van der Waals surface area contributed by atoms with Gasteiger partial charge < -0.3 is 9.30 Å². The molecule has 0 aliphatic carbocycles. The van der Waals surface area contributed by atoms with Crippen LogP contribution in [0.25, 0.3) is 10.9 Å². The first-order chi connectivity index (χ1) is 10.6. The van der Waals surface area contributed by atoms with Gasteiger partial charge in [-0.3, -0.25) is 4.79 Å². The third-order valence-electron chi connectivity index (χ3n) is 3.45. The molecular weight excluding hydrogens is 305 g/mol. The minimum Gasteiger partial charge on any atom is -0.484 e. The van der Waals surface area contributed by atoms with Crippen LogP contribution in [0, 0.1) is 5.82 Å². The first-order valence-electron chi connectivity index (χ1n) is 6.71. The number of ether oxygens (including phenoxy) is 1. The number of aryl methyl sites for hydroxylation is 1. The van der Waals surface area contributed by atoms with E-state index < -0.39 is 5.82 Å². The number of carbonyl (C=O) groups excluding carboxylic acids is 1. The van der Waals surface area contributed by atoms with Gasteiger partial charge in [-0.2, -0.15) is 0 Å². The average molecular weight is 318 g/mol. The van der Waals surface area contributed by atoms with Gasteiger partial charge in [0.2, 0.25) is 5.78 Å². The summed E-state index contributed by atoms with van der Waals surface area (Å²) < 4.78 is 20.3. The van der Waals surface area contributed by atoms with Crippen molar-refractivity contribution in [1.29, 1.82) is 0 Å². The molecule has 112 valence electrons. The second-order valence-corrected chi connectivity index (χ2v) is 5.36. The quantitative estimate of drug-likeness (QED) is 0.674. The lowest BCUT2D eigenvalue weighted by Crippen LogP contribution is -2.11. The second kappa shape index (κ2) is 5.81. The molecule has 0 aliphatic heterocycles. The van der Waals surface area contributed by atoms with E-state index in [1.807, 2.05) is 35.9 Å². The molecule has 0 saturated heterocycles. The van der Waals surface area contributed by atoms with Crippen LogP contribution in [0.4, 0.5) is 4.39 Å². The number of aromatic nitrogens is 1. The number of halogens is 2. The predicted octanol–water partition coefficient (Wildman–Crippen LogP) is 4.23. The summed E-state index contributed by atoms with van der Waals surface area (Å²) in [6.07, 6.45) is 1.78. The van der Waals surface area contributed by atoms with Crippen molar-refractivity contribution in [3.63, 3.8) is 0 Å². The highest BCUT2D eigenvalue weighted by Gasteiger charge is 2.15. The van der Waals surface area contributed by atoms with Crippen LogP contribution in [0.2, 0.25) is 5.02 Å². The van der Waals surface area contributed by atoms with Gasteiger partial charge in [0.25, 0.3) is 0 Å². The number of para-hydroxylation sites is 1. The highest BCUT2D eigenvalue weighted by molar-refractivity contribution is 6.32. The van der Waals surface area contributed by atoms with Crippen LogP contribution < -0.4 is 4.74 Å². The van der Waals surface area contributed by atoms with Crippen LogP contribution in [0.15, 0.2) is 48.7 Å². The van der Waals surface area contributed by atoms with Crippen molar-refractivity contribution in [2.45, 2.75) is 0 Å². The van der Waals surface area contributed by atoms with E-state index in [-0.39, 0.29) is 23.2 Å². The van der Waals surface area contributed by atoms with Crippen molar-refractivity contribution in [2.24, 2.45) is 7.05 Å². The van der Waals surface area contributed by atoms with Crippen molar-refractivity contribution >= 4 is 28.3 Å². The largest absolute Gasteiger partial charge is 0.484 e. The van der Waals surface area contributed by atoms with E-state index in [0.717, 1.165) is 17.0 Å². The molecule has 3 rings (SSSR count). The number of rotatable bonds is 4. The molecule has 22 heavy (non-hydrogen) atoms. The van der Waals surface area contributed by atoms with Crippen LogP contribution in [0.3, 0.4) is 0 Å². The summed E-state index contributed by atoms with van der Waals surface area (Å²) in [6.45, 7) is -0.153. The Balaban J connectivity index is 1.82. The van der Waals surface area contributed by atoms with Gasteiger partial charge >= 0.3 is 0 Å². The predicted molar refractivity (Wildman–Crippen MR) is 84.2 cm³/mol. The highest BCUT2D eigenvalue weighted by atomic mass is 35.5. The molecule has 5 heteroatoms. The molecule has 0 unspecified atom stereocenters. The topological polar surface area (TPSA) is 31.2 Å². The lowest BCUT2D eigenvalue weighted by Gasteiger charge is -2.07. The molecule has 0 amide bonds. The molecule has 1 aromatic heterocycles. The van der Waals surface area contributed by atoms with Gasteiger partial charge in [0, 0.05) is 29.7 Å². The Morgan fingerprint density at radius 3 is 2.82 bits per heavy atom. The zero-order chi connectivity index (χ0) is 15.7. The summed E-state index contributed by atoms with van der Waals surface area (Å²) in [7, 11) is 1.89. The maximum Gasteiger partial charge on any atom is 0.202 e. The number of carbonyl (C=O) groups is 1. The monoisotopic (exact) mass is 317 g/mol. The van der Waals surface area contributed by atoms with Crippen LogP contribution >= 0.6 is 11.6 Å². The van der Waals surface area contributed by atoms with Gasteiger partial charge in [0.1, 0.15) is 11.6 Å². The third kappa shape index (κ3) is 2.70. The molecular formula is C17H13ClFNO2. The molecule has 0 saturated carbocycles. The van der Waals surface area contributed by atoms with Crippen LogP contribution in [-0.4, -0.2) is 17.0 Å². The number of Topliss-reactive ketones (excluding diaryl/α,β-unsaturated/α-hetero) is 1. The van der Waals surface area contributed by atoms with Crippen molar-refractivity contribution < 1.29 is 13.9 Å². The molecule has 0 N–H and O–H groups in total. The van der Waals surface area contributed by atoms with E-state index in [1.54, 1.807) is 6.20 Å². The smallest absolute Gasteiger partial charge is 0.202 e. The first kappa shape index (κ1) is 14.6. The maximum atomic E-state index is 13.0. The minimum absolute atomic E-state index is 0.144. The Morgan fingerprint density at radius 2 is 2.05 bits per heavy atom. The second-order valence-electron chi connectivity index (χ2n) is 4.96. The van der Waals surface area contributed by atoms with Gasteiger partial charge in [0.15, 0.2) is 6.61 Å². The van der Waals surface area contributed by atoms with Gasteiger partial charge in [-0.25, -0.2) is 4.39 Å². The number of benzene rings is 2. The molecule has 0 spiro atoms. The van der Waals surface area contributed by atoms with Crippen molar-refractivity contribution in [1.82, 2.24) is 4.57 Å². The number of ketones is 1. The van der Waals surface area contributed by atoms with Crippen LogP contribution in [0.1, 0.15) is 10.4 Å². The first-order valence-corrected chi connectivity index (χ1v) is 7.09. The average Bonchev–Trinajstić information content (AvgIpc) is 2.84. The number of hydrogen-bond acceptors (Lipinski definition) is 2. The summed E-state index contributed by atoms with van der Waals surface area (Å²) in [5.41, 5.74) is 1.57. The van der Waals surface area contributed by atoms with Crippen molar-refractivity contribution in [2.75, 3.05) is 6.61 Å². The Bertz CT molecular complexity index is 857. The highest BCUT2D eigenvalue weighted by Crippen LogP contribution is 2.26. The van der Waals surface area contributed by atoms with Gasteiger partial charge in [-0.15, -0.1) is 0 Å². The molecule has 0 bridgehead atoms. The Morgan fingerprint density at radius 1 is 1.27 bits per heavy atom. The normalized spacial score (nSPS) is 10.9. The third-order valence-corrected chi connectivity index (χ3v) is 3.75. The van der Waals surface area contributed by atoms with E-state index in [1.165, 1.54) is 12.1 Å². The van der Waals surface area contributed by atoms with Gasteiger partial charge in [-0.1, -0.05) is 29.8 Å². The standard InChI is InChI=1S/C17H13ClFNO2/c1-20-9-13(12-4-2-3-5-15(12)20)16(21)10-22-17-7-6-11(19)8-14(17)18/h2-9H,10H2,1H3. The minimum atomic E-state index is -0.447.